The molecule has 4 heteroatoms. The van der Waals surface area contributed by atoms with Crippen LogP contribution < -0.4 is 5.16 Å². The molecule has 1 atom stereocenters. The fourth-order valence-corrected chi connectivity index (χ4v) is 1.35. The van der Waals surface area contributed by atoms with Gasteiger partial charge in [-0.2, -0.15) is 0 Å². The molecule has 0 amide bonds. The summed E-state index contributed by atoms with van der Waals surface area (Å²) in [6.07, 6.45) is 2.32. The minimum absolute atomic E-state index is 0.182. The lowest BCUT2D eigenvalue weighted by molar-refractivity contribution is -0.738. The average molecular weight is 237 g/mol. The van der Waals surface area contributed by atoms with Crippen LogP contribution in [0.25, 0.3) is 0 Å². The number of rotatable bonds is 5. The summed E-state index contributed by atoms with van der Waals surface area (Å²) in [6, 6.07) is 0. The van der Waals surface area contributed by atoms with E-state index in [-0.39, 0.29) is 5.38 Å². The highest BCUT2D eigenvalue weighted by atomic mass is 35.5. The summed E-state index contributed by atoms with van der Waals surface area (Å²) in [6.45, 7) is 9.21. The second kappa shape index (κ2) is 6.91. The number of alkyl halides is 1. The van der Waals surface area contributed by atoms with Gasteiger partial charge in [-0.1, -0.05) is 18.2 Å². The van der Waals surface area contributed by atoms with Crippen LogP contribution in [0.4, 0.5) is 0 Å². The molecule has 0 aromatic heterocycles. The molecule has 80 valence electrons. The lowest BCUT2D eigenvalue weighted by Gasteiger charge is -2.01. The van der Waals surface area contributed by atoms with Gasteiger partial charge in [0.15, 0.2) is 11.5 Å². The Kier molecular flexibility index (Phi) is 6.67. The third kappa shape index (κ3) is 8.14. The Morgan fingerprint density at radius 1 is 1.50 bits per heavy atom. The molecule has 0 saturated carbocycles. The van der Waals surface area contributed by atoms with Gasteiger partial charge in [-0.15, -0.1) is 11.6 Å². The van der Waals surface area contributed by atoms with Gasteiger partial charge in [-0.3, -0.25) is 0 Å². The summed E-state index contributed by atoms with van der Waals surface area (Å²) in [5, 5.41) is 3.10. The molecule has 0 bridgehead atoms. The van der Waals surface area contributed by atoms with Crippen LogP contribution in [-0.2, 0) is 4.84 Å². The maximum atomic E-state index is 5.95. The predicted molar refractivity (Wildman–Crippen MR) is 61.4 cm³/mol. The first-order valence-corrected chi connectivity index (χ1v) is 5.12. The van der Waals surface area contributed by atoms with Crippen LogP contribution in [0.15, 0.2) is 23.4 Å². The largest absolute Gasteiger partial charge is 0.244 e. The van der Waals surface area contributed by atoms with Crippen molar-refractivity contribution in [2.75, 3.05) is 0 Å². The molecule has 0 aromatic carbocycles. The van der Waals surface area contributed by atoms with E-state index in [4.69, 9.17) is 28.0 Å². The highest BCUT2D eigenvalue weighted by molar-refractivity contribution is 6.30. The third-order valence-electron chi connectivity index (χ3n) is 1.25. The monoisotopic (exact) mass is 236 g/mol. The molecule has 0 aliphatic heterocycles. The molecule has 0 spiro atoms. The highest BCUT2D eigenvalue weighted by Gasteiger charge is 2.04. The first-order chi connectivity index (χ1) is 6.41. The van der Waals surface area contributed by atoms with Crippen LogP contribution in [0.5, 0.6) is 0 Å². The molecule has 0 aliphatic rings. The van der Waals surface area contributed by atoms with Crippen molar-refractivity contribution in [1.82, 2.24) is 0 Å². The molecular formula is C10H16Cl2NO+. The maximum absolute atomic E-state index is 5.95. The van der Waals surface area contributed by atoms with Gasteiger partial charge in [0.2, 0.25) is 0 Å². The van der Waals surface area contributed by atoms with Gasteiger partial charge in [0.25, 0.3) is 0 Å². The van der Waals surface area contributed by atoms with E-state index in [0.717, 1.165) is 5.71 Å². The molecule has 0 heterocycles. The van der Waals surface area contributed by atoms with Gasteiger partial charge < -0.3 is 0 Å². The maximum Gasteiger partial charge on any atom is 0.196 e. The normalized spacial score (nSPS) is 13.4. The van der Waals surface area contributed by atoms with E-state index in [1.165, 1.54) is 0 Å². The van der Waals surface area contributed by atoms with E-state index >= 15 is 0 Å². The zero-order valence-corrected chi connectivity index (χ0v) is 10.2. The SMILES string of the molecule is C=C(Cl)CC(Cl)/C=C(\C)O[NH+]=C(C)C. The van der Waals surface area contributed by atoms with Crippen molar-refractivity contribution in [3.8, 4) is 0 Å². The molecule has 0 rings (SSSR count). The van der Waals surface area contributed by atoms with Crippen LogP contribution in [-0.4, -0.2) is 11.1 Å². The Morgan fingerprint density at radius 3 is 2.50 bits per heavy atom. The molecule has 0 aliphatic carbocycles. The number of hydrogen-bond donors (Lipinski definition) is 1. The molecule has 0 aromatic rings. The molecular weight excluding hydrogens is 221 g/mol. The lowest BCUT2D eigenvalue weighted by atomic mass is 10.2. The van der Waals surface area contributed by atoms with E-state index < -0.39 is 0 Å². The van der Waals surface area contributed by atoms with Crippen molar-refractivity contribution in [2.45, 2.75) is 32.6 Å². The standard InChI is InChI=1S/C10H15Cl2NO/c1-7(2)13-14-9(4)6-10(12)5-8(3)11/h6,10H,3,5H2,1-2,4H3/p+1/b9-6+. The molecule has 1 unspecified atom stereocenters. The Balaban J connectivity index is 4.09. The van der Waals surface area contributed by atoms with Gasteiger partial charge in [-0.25, -0.2) is 4.84 Å². The van der Waals surface area contributed by atoms with Gasteiger partial charge in [-0.05, 0) is 11.2 Å². The van der Waals surface area contributed by atoms with Crippen molar-refractivity contribution < 1.29 is 9.99 Å². The van der Waals surface area contributed by atoms with E-state index in [2.05, 4.69) is 11.7 Å². The van der Waals surface area contributed by atoms with Crippen LogP contribution in [0, 0.1) is 0 Å². The summed E-state index contributed by atoms with van der Waals surface area (Å²) in [7, 11) is 0. The first-order valence-electron chi connectivity index (χ1n) is 4.30. The number of allylic oxidation sites excluding steroid dienone is 3. The Morgan fingerprint density at radius 2 is 2.07 bits per heavy atom. The summed E-state index contributed by atoms with van der Waals surface area (Å²) < 4.78 is 0. The quantitative estimate of drug-likeness (QED) is 0.336. The zero-order valence-electron chi connectivity index (χ0n) is 8.73. The van der Waals surface area contributed by atoms with Gasteiger partial charge in [0.05, 0.1) is 5.38 Å². The average Bonchev–Trinajstić information content (AvgIpc) is 1.98. The van der Waals surface area contributed by atoms with Crippen molar-refractivity contribution in [1.29, 1.82) is 0 Å². The number of hydrogen-bond acceptors (Lipinski definition) is 1. The van der Waals surface area contributed by atoms with Crippen LogP contribution in [0.1, 0.15) is 27.2 Å². The summed E-state index contributed by atoms with van der Waals surface area (Å²) >= 11 is 11.6. The Bertz CT molecular complexity index is 255. The molecule has 1 N–H and O–H groups in total. The van der Waals surface area contributed by atoms with Crippen molar-refractivity contribution >= 4 is 28.9 Å². The number of halogens is 2. The van der Waals surface area contributed by atoms with E-state index in [0.29, 0.717) is 17.2 Å². The van der Waals surface area contributed by atoms with Crippen LogP contribution >= 0.6 is 23.2 Å². The predicted octanol–water partition coefficient (Wildman–Crippen LogP) is 2.13. The molecule has 0 radical (unpaired) electrons. The van der Waals surface area contributed by atoms with Gasteiger partial charge >= 0.3 is 0 Å². The van der Waals surface area contributed by atoms with Crippen LogP contribution in [0.3, 0.4) is 0 Å². The molecule has 0 saturated heterocycles. The Hall–Kier alpha value is -0.470. The second-order valence-corrected chi connectivity index (χ2v) is 4.31. The fourth-order valence-electron chi connectivity index (χ4n) is 0.742. The second-order valence-electron chi connectivity index (χ2n) is 3.22. The van der Waals surface area contributed by atoms with E-state index in [1.54, 1.807) is 6.08 Å². The van der Waals surface area contributed by atoms with Crippen molar-refractivity contribution in [3.05, 3.63) is 23.4 Å². The smallest absolute Gasteiger partial charge is 0.196 e. The third-order valence-corrected chi connectivity index (χ3v) is 1.68. The minimum atomic E-state index is -0.182. The van der Waals surface area contributed by atoms with Crippen molar-refractivity contribution in [3.63, 3.8) is 0 Å². The first kappa shape index (κ1) is 13.5. The zero-order chi connectivity index (χ0) is 11.1. The van der Waals surface area contributed by atoms with Crippen molar-refractivity contribution in [2.24, 2.45) is 0 Å². The van der Waals surface area contributed by atoms with E-state index in [9.17, 15) is 0 Å². The molecule has 14 heavy (non-hydrogen) atoms. The fraction of sp³-hybridized carbons (Fsp3) is 0.500. The minimum Gasteiger partial charge on any atom is -0.244 e. The molecule has 2 nitrogen and oxygen atoms in total. The Labute approximate surface area is 95.2 Å². The molecule has 0 fully saturated rings. The topological polar surface area (TPSA) is 23.2 Å². The van der Waals surface area contributed by atoms with Crippen LogP contribution in [0.2, 0.25) is 0 Å². The number of nitrogens with one attached hydrogen (secondary N) is 1. The van der Waals surface area contributed by atoms with E-state index in [1.807, 2.05) is 20.8 Å². The summed E-state index contributed by atoms with van der Waals surface area (Å²) in [4.78, 5) is 5.17. The summed E-state index contributed by atoms with van der Waals surface area (Å²) in [5.74, 6) is 0.712. The summed E-state index contributed by atoms with van der Waals surface area (Å²) in [5.41, 5.74) is 0.977. The highest BCUT2D eigenvalue weighted by Crippen LogP contribution is 2.14. The lowest BCUT2D eigenvalue weighted by Crippen LogP contribution is -2.70. The van der Waals surface area contributed by atoms with Gasteiger partial charge in [0, 0.05) is 32.2 Å². The van der Waals surface area contributed by atoms with Gasteiger partial charge in [0.1, 0.15) is 0 Å².